The molecule has 5 nitrogen and oxygen atoms in total. The first kappa shape index (κ1) is 34.7. The summed E-state index contributed by atoms with van der Waals surface area (Å²) in [6, 6.07) is 74.7. The second-order valence-electron chi connectivity index (χ2n) is 15.5. The lowest BCUT2D eigenvalue weighted by Gasteiger charge is -2.14. The monoisotopic (exact) mass is 777 g/mol. The van der Waals surface area contributed by atoms with E-state index in [9.17, 15) is 0 Å². The van der Waals surface area contributed by atoms with Crippen LogP contribution in [0.15, 0.2) is 212 Å². The van der Waals surface area contributed by atoms with Crippen LogP contribution in [0, 0.1) is 0 Å². The summed E-state index contributed by atoms with van der Waals surface area (Å²) < 4.78 is 2.42. The number of hydrogen-bond donors (Lipinski definition) is 0. The minimum atomic E-state index is 0.632. The second-order valence-corrected chi connectivity index (χ2v) is 15.5. The fourth-order valence-electron chi connectivity index (χ4n) is 8.80. The van der Waals surface area contributed by atoms with Crippen LogP contribution in [0.2, 0.25) is 0 Å². The quantitative estimate of drug-likeness (QED) is 0.158. The van der Waals surface area contributed by atoms with Crippen LogP contribution in [0.5, 0.6) is 0 Å². The van der Waals surface area contributed by atoms with Gasteiger partial charge in [0.25, 0.3) is 0 Å². The molecule has 12 rings (SSSR count). The Hall–Kier alpha value is -8.28. The standard InChI is InChI=1S/C56H35N5/c1-4-15-38(16-5-1)53-49-34-48-45-22-12-13-23-51(45)61(44-30-28-36-14-10-11-21-42(36)32-44)52(48)35-46(49)47-33-43(29-31-50(47)57-53)37-24-26-41(27-25-37)56-59-54(39-17-6-2-7-18-39)58-55(60-56)40-19-8-3-9-20-40/h1-35H. The van der Waals surface area contributed by atoms with Crippen LogP contribution in [0.1, 0.15) is 0 Å². The second kappa shape index (κ2) is 14.2. The van der Waals surface area contributed by atoms with Crippen molar-refractivity contribution in [1.29, 1.82) is 0 Å². The summed E-state index contributed by atoms with van der Waals surface area (Å²) in [5.41, 5.74) is 11.5. The van der Waals surface area contributed by atoms with E-state index in [-0.39, 0.29) is 0 Å². The zero-order chi connectivity index (χ0) is 40.3. The number of nitrogens with zero attached hydrogens (tertiary/aromatic N) is 5. The zero-order valence-electron chi connectivity index (χ0n) is 32.9. The molecule has 0 atom stereocenters. The summed E-state index contributed by atoms with van der Waals surface area (Å²) in [6.07, 6.45) is 0. The summed E-state index contributed by atoms with van der Waals surface area (Å²) in [5.74, 6) is 1.92. The van der Waals surface area contributed by atoms with E-state index < -0.39 is 0 Å². The molecule has 0 aliphatic rings. The first-order valence-electron chi connectivity index (χ1n) is 20.5. The van der Waals surface area contributed by atoms with Gasteiger partial charge >= 0.3 is 0 Å². The van der Waals surface area contributed by atoms with Crippen molar-refractivity contribution in [3.63, 3.8) is 0 Å². The highest BCUT2D eigenvalue weighted by Crippen LogP contribution is 2.41. The van der Waals surface area contributed by atoms with Gasteiger partial charge in [0.05, 0.1) is 22.2 Å². The third-order valence-electron chi connectivity index (χ3n) is 11.8. The van der Waals surface area contributed by atoms with Crippen LogP contribution in [-0.2, 0) is 0 Å². The van der Waals surface area contributed by atoms with E-state index in [0.717, 1.165) is 72.0 Å². The van der Waals surface area contributed by atoms with E-state index in [1.165, 1.54) is 27.1 Å². The summed E-state index contributed by atoms with van der Waals surface area (Å²) in [4.78, 5) is 20.2. The van der Waals surface area contributed by atoms with Crippen LogP contribution in [0.4, 0.5) is 0 Å². The maximum Gasteiger partial charge on any atom is 0.164 e. The summed E-state index contributed by atoms with van der Waals surface area (Å²) in [7, 11) is 0. The van der Waals surface area contributed by atoms with E-state index in [2.05, 4.69) is 156 Å². The van der Waals surface area contributed by atoms with Crippen molar-refractivity contribution in [2.75, 3.05) is 0 Å². The number of fused-ring (bicyclic) bond motifs is 7. The fraction of sp³-hybridized carbons (Fsp3) is 0. The highest BCUT2D eigenvalue weighted by molar-refractivity contribution is 6.20. The Morgan fingerprint density at radius 2 is 0.836 bits per heavy atom. The normalized spacial score (nSPS) is 11.6. The molecule has 0 fully saturated rings. The first-order chi connectivity index (χ1) is 30.2. The molecule has 0 spiro atoms. The van der Waals surface area contributed by atoms with Crippen molar-refractivity contribution >= 4 is 54.3 Å². The molecule has 0 N–H and O–H groups in total. The minimum Gasteiger partial charge on any atom is -0.309 e. The van der Waals surface area contributed by atoms with E-state index in [0.29, 0.717) is 17.5 Å². The zero-order valence-corrected chi connectivity index (χ0v) is 32.9. The van der Waals surface area contributed by atoms with E-state index in [1.807, 2.05) is 60.7 Å². The summed E-state index contributed by atoms with van der Waals surface area (Å²) in [6.45, 7) is 0. The molecule has 0 amide bonds. The molecule has 0 unspecified atom stereocenters. The van der Waals surface area contributed by atoms with E-state index in [4.69, 9.17) is 19.9 Å². The Morgan fingerprint density at radius 3 is 1.52 bits per heavy atom. The van der Waals surface area contributed by atoms with Crippen LogP contribution in [0.25, 0.3) is 116 Å². The number of benzene rings is 9. The molecule has 284 valence electrons. The third-order valence-corrected chi connectivity index (χ3v) is 11.8. The molecule has 0 saturated heterocycles. The lowest BCUT2D eigenvalue weighted by Crippen LogP contribution is -2.00. The lowest BCUT2D eigenvalue weighted by molar-refractivity contribution is 1.07. The predicted octanol–water partition coefficient (Wildman–Crippen LogP) is 14.2. The molecule has 0 saturated carbocycles. The third kappa shape index (κ3) is 6.02. The molecule has 0 radical (unpaired) electrons. The molecule has 0 bridgehead atoms. The van der Waals surface area contributed by atoms with Crippen LogP contribution in [-0.4, -0.2) is 24.5 Å². The molecule has 5 heteroatoms. The smallest absolute Gasteiger partial charge is 0.164 e. The Morgan fingerprint density at radius 1 is 0.279 bits per heavy atom. The van der Waals surface area contributed by atoms with Gasteiger partial charge in [-0.1, -0.05) is 170 Å². The van der Waals surface area contributed by atoms with Crippen molar-refractivity contribution in [3.8, 4) is 62.2 Å². The van der Waals surface area contributed by atoms with Gasteiger partial charge < -0.3 is 4.57 Å². The molecule has 9 aromatic carbocycles. The number of para-hydroxylation sites is 1. The van der Waals surface area contributed by atoms with Gasteiger partial charge in [-0.25, -0.2) is 19.9 Å². The van der Waals surface area contributed by atoms with Gasteiger partial charge in [-0.15, -0.1) is 0 Å². The van der Waals surface area contributed by atoms with Crippen molar-refractivity contribution in [2.45, 2.75) is 0 Å². The molecular formula is C56H35N5. The Labute approximate surface area is 351 Å². The molecule has 12 aromatic rings. The summed E-state index contributed by atoms with van der Waals surface area (Å²) >= 11 is 0. The largest absolute Gasteiger partial charge is 0.309 e. The Balaban J connectivity index is 1.03. The SMILES string of the molecule is c1ccc(-c2nc(-c3ccccc3)nc(-c3ccc(-c4ccc5nc(-c6ccccc6)c6cc7c8ccccc8n(-c8ccc9ccccc9c8)c7cc6c5c4)cc3)n2)cc1. The first-order valence-corrected chi connectivity index (χ1v) is 20.5. The molecular weight excluding hydrogens is 743 g/mol. The fourth-order valence-corrected chi connectivity index (χ4v) is 8.80. The molecule has 3 heterocycles. The Kier molecular flexibility index (Phi) is 8.10. The molecule has 0 aliphatic carbocycles. The molecule has 3 aromatic heterocycles. The minimum absolute atomic E-state index is 0.632. The number of rotatable bonds is 6. The number of pyridine rings is 1. The lowest BCUT2D eigenvalue weighted by atomic mass is 9.95. The van der Waals surface area contributed by atoms with Gasteiger partial charge in [0.1, 0.15) is 0 Å². The average molecular weight is 778 g/mol. The number of aromatic nitrogens is 5. The van der Waals surface area contributed by atoms with Crippen LogP contribution >= 0.6 is 0 Å². The predicted molar refractivity (Wildman–Crippen MR) is 252 cm³/mol. The van der Waals surface area contributed by atoms with Gasteiger partial charge in [0.2, 0.25) is 0 Å². The maximum atomic E-state index is 5.39. The Bertz CT molecular complexity index is 3560. The molecule has 0 aliphatic heterocycles. The highest BCUT2D eigenvalue weighted by atomic mass is 15.0. The van der Waals surface area contributed by atoms with Crippen LogP contribution in [0.3, 0.4) is 0 Å². The van der Waals surface area contributed by atoms with Crippen molar-refractivity contribution in [1.82, 2.24) is 24.5 Å². The topological polar surface area (TPSA) is 56.5 Å². The van der Waals surface area contributed by atoms with Crippen molar-refractivity contribution < 1.29 is 0 Å². The molecule has 61 heavy (non-hydrogen) atoms. The van der Waals surface area contributed by atoms with Gasteiger partial charge in [-0.2, -0.15) is 0 Å². The highest BCUT2D eigenvalue weighted by Gasteiger charge is 2.19. The number of hydrogen-bond acceptors (Lipinski definition) is 4. The van der Waals surface area contributed by atoms with Gasteiger partial charge in [0.15, 0.2) is 17.5 Å². The maximum absolute atomic E-state index is 5.39. The van der Waals surface area contributed by atoms with Crippen molar-refractivity contribution in [3.05, 3.63) is 212 Å². The van der Waals surface area contributed by atoms with Crippen molar-refractivity contribution in [2.24, 2.45) is 0 Å². The van der Waals surface area contributed by atoms with Crippen LogP contribution < -0.4 is 0 Å². The summed E-state index contributed by atoms with van der Waals surface area (Å²) in [5, 5.41) is 8.24. The average Bonchev–Trinajstić information content (AvgIpc) is 3.66. The van der Waals surface area contributed by atoms with Gasteiger partial charge in [0, 0.05) is 49.5 Å². The van der Waals surface area contributed by atoms with E-state index >= 15 is 0 Å². The van der Waals surface area contributed by atoms with Gasteiger partial charge in [-0.3, -0.25) is 0 Å². The van der Waals surface area contributed by atoms with E-state index in [1.54, 1.807) is 0 Å². The van der Waals surface area contributed by atoms with Gasteiger partial charge in [-0.05, 0) is 69.8 Å².